The molecule has 4 heteroatoms. The Labute approximate surface area is 152 Å². The largest absolute Gasteiger partial charge is 0.353 e. The highest BCUT2D eigenvalue weighted by Crippen LogP contribution is 2.29. The van der Waals surface area contributed by atoms with Gasteiger partial charge in [-0.05, 0) is 68.7 Å². The molecule has 0 amide bonds. The summed E-state index contributed by atoms with van der Waals surface area (Å²) < 4.78 is 12.7. The number of ether oxygens (including phenoxy) is 2. The Morgan fingerprint density at radius 3 is 2.50 bits per heavy atom. The standard InChI is InChI=1S/C20H25BrO3/c21-17-9-4-15(5-10-17)6-13-19(22)16-7-11-18(12-8-16)24-20-3-1-2-14-23-20/h4-6,9-10,13,16,18,20H,1-3,7-8,11-12,14H2/b13-6+. The zero-order valence-corrected chi connectivity index (χ0v) is 15.5. The van der Waals surface area contributed by atoms with E-state index in [1.54, 1.807) is 6.08 Å². The third kappa shape index (κ3) is 5.27. The Morgan fingerprint density at radius 1 is 1.08 bits per heavy atom. The highest BCUT2D eigenvalue weighted by molar-refractivity contribution is 9.10. The molecule has 1 aromatic carbocycles. The summed E-state index contributed by atoms with van der Waals surface area (Å²) in [6.07, 6.45) is 11.0. The number of halogens is 1. The fraction of sp³-hybridized carbons (Fsp3) is 0.550. The molecule has 1 atom stereocenters. The molecule has 0 N–H and O–H groups in total. The summed E-state index contributed by atoms with van der Waals surface area (Å²) >= 11 is 3.42. The van der Waals surface area contributed by atoms with Crippen LogP contribution in [0, 0.1) is 5.92 Å². The number of rotatable bonds is 5. The van der Waals surface area contributed by atoms with Crippen LogP contribution in [0.1, 0.15) is 50.5 Å². The van der Waals surface area contributed by atoms with Gasteiger partial charge in [0.15, 0.2) is 12.1 Å². The lowest BCUT2D eigenvalue weighted by molar-refractivity contribution is -0.194. The van der Waals surface area contributed by atoms with Gasteiger partial charge in [0, 0.05) is 17.0 Å². The first-order valence-corrected chi connectivity index (χ1v) is 9.74. The van der Waals surface area contributed by atoms with Crippen molar-refractivity contribution in [3.8, 4) is 0 Å². The van der Waals surface area contributed by atoms with Gasteiger partial charge in [-0.25, -0.2) is 0 Å². The number of carbonyl (C=O) groups is 1. The van der Waals surface area contributed by atoms with Crippen LogP contribution < -0.4 is 0 Å². The molecular formula is C20H25BrO3. The molecule has 2 aliphatic rings. The number of allylic oxidation sites excluding steroid dienone is 1. The first kappa shape index (κ1) is 17.8. The molecule has 0 aromatic heterocycles. The summed E-state index contributed by atoms with van der Waals surface area (Å²) in [5.41, 5.74) is 1.05. The molecule has 24 heavy (non-hydrogen) atoms. The van der Waals surface area contributed by atoms with Gasteiger partial charge in [-0.15, -0.1) is 0 Å². The van der Waals surface area contributed by atoms with Gasteiger partial charge in [0.1, 0.15) is 0 Å². The summed E-state index contributed by atoms with van der Waals surface area (Å²) in [5.74, 6) is 0.383. The molecule has 1 aromatic rings. The maximum atomic E-state index is 12.4. The lowest BCUT2D eigenvalue weighted by Gasteiger charge is -2.32. The van der Waals surface area contributed by atoms with E-state index in [1.807, 2.05) is 30.3 Å². The second-order valence-electron chi connectivity index (χ2n) is 6.69. The molecule has 3 nitrogen and oxygen atoms in total. The molecule has 1 aliphatic carbocycles. The number of hydrogen-bond donors (Lipinski definition) is 0. The molecule has 3 rings (SSSR count). The van der Waals surface area contributed by atoms with E-state index in [4.69, 9.17) is 9.47 Å². The second kappa shape index (κ2) is 8.93. The molecule has 1 saturated heterocycles. The van der Waals surface area contributed by atoms with Crippen LogP contribution >= 0.6 is 15.9 Å². The molecule has 1 unspecified atom stereocenters. The van der Waals surface area contributed by atoms with E-state index in [9.17, 15) is 4.79 Å². The van der Waals surface area contributed by atoms with Gasteiger partial charge in [0.2, 0.25) is 0 Å². The monoisotopic (exact) mass is 392 g/mol. The van der Waals surface area contributed by atoms with Crippen molar-refractivity contribution < 1.29 is 14.3 Å². The van der Waals surface area contributed by atoms with Crippen LogP contribution in [-0.4, -0.2) is 24.8 Å². The fourth-order valence-electron chi connectivity index (χ4n) is 3.40. The molecule has 0 bridgehead atoms. The van der Waals surface area contributed by atoms with Crippen LogP contribution in [0.25, 0.3) is 6.08 Å². The highest BCUT2D eigenvalue weighted by Gasteiger charge is 2.27. The van der Waals surface area contributed by atoms with Crippen LogP contribution in [0.4, 0.5) is 0 Å². The maximum Gasteiger partial charge on any atom is 0.158 e. The van der Waals surface area contributed by atoms with Crippen molar-refractivity contribution in [1.82, 2.24) is 0 Å². The van der Waals surface area contributed by atoms with Gasteiger partial charge in [-0.3, -0.25) is 4.79 Å². The third-order valence-corrected chi connectivity index (χ3v) is 5.40. The third-order valence-electron chi connectivity index (χ3n) is 4.87. The minimum atomic E-state index is -0.0201. The number of hydrogen-bond acceptors (Lipinski definition) is 3. The number of ketones is 1. The van der Waals surface area contributed by atoms with Gasteiger partial charge in [0.05, 0.1) is 6.10 Å². The van der Waals surface area contributed by atoms with E-state index in [2.05, 4.69) is 15.9 Å². The van der Waals surface area contributed by atoms with Crippen molar-refractivity contribution >= 4 is 27.8 Å². The minimum absolute atomic E-state index is 0.0201. The van der Waals surface area contributed by atoms with Gasteiger partial charge in [-0.2, -0.15) is 0 Å². The van der Waals surface area contributed by atoms with Crippen LogP contribution in [0.2, 0.25) is 0 Å². The quantitative estimate of drug-likeness (QED) is 0.651. The fourth-order valence-corrected chi connectivity index (χ4v) is 3.67. The van der Waals surface area contributed by atoms with Crippen molar-refractivity contribution in [2.75, 3.05) is 6.61 Å². The first-order valence-electron chi connectivity index (χ1n) is 8.95. The highest BCUT2D eigenvalue weighted by atomic mass is 79.9. The predicted molar refractivity (Wildman–Crippen MR) is 98.6 cm³/mol. The van der Waals surface area contributed by atoms with E-state index >= 15 is 0 Å². The topological polar surface area (TPSA) is 35.5 Å². The summed E-state index contributed by atoms with van der Waals surface area (Å²) in [5, 5.41) is 0. The van der Waals surface area contributed by atoms with Gasteiger partial charge >= 0.3 is 0 Å². The number of carbonyl (C=O) groups excluding carboxylic acids is 1. The normalized spacial score (nSPS) is 28.1. The van der Waals surface area contributed by atoms with Crippen LogP contribution in [0.5, 0.6) is 0 Å². The summed E-state index contributed by atoms with van der Waals surface area (Å²) in [4.78, 5) is 12.4. The number of benzene rings is 1. The van der Waals surface area contributed by atoms with Crippen molar-refractivity contribution in [1.29, 1.82) is 0 Å². The molecular weight excluding hydrogens is 368 g/mol. The average Bonchev–Trinajstić information content (AvgIpc) is 2.62. The van der Waals surface area contributed by atoms with Crippen molar-refractivity contribution in [3.05, 3.63) is 40.4 Å². The zero-order chi connectivity index (χ0) is 16.8. The molecule has 130 valence electrons. The Hall–Kier alpha value is -0.970. The van der Waals surface area contributed by atoms with Crippen LogP contribution in [0.15, 0.2) is 34.8 Å². The Balaban J connectivity index is 1.43. The van der Waals surface area contributed by atoms with Gasteiger partial charge in [-0.1, -0.05) is 34.1 Å². The second-order valence-corrected chi connectivity index (χ2v) is 7.61. The Morgan fingerprint density at radius 2 is 1.83 bits per heavy atom. The molecule has 0 spiro atoms. The maximum absolute atomic E-state index is 12.4. The smallest absolute Gasteiger partial charge is 0.158 e. The summed E-state index contributed by atoms with van der Waals surface area (Å²) in [7, 11) is 0. The molecule has 1 aliphatic heterocycles. The van der Waals surface area contributed by atoms with E-state index < -0.39 is 0 Å². The van der Waals surface area contributed by atoms with Gasteiger partial charge < -0.3 is 9.47 Å². The summed E-state index contributed by atoms with van der Waals surface area (Å²) in [6, 6.07) is 7.98. The molecule has 1 saturated carbocycles. The van der Waals surface area contributed by atoms with Crippen molar-refractivity contribution in [2.24, 2.45) is 5.92 Å². The molecule has 1 heterocycles. The lowest BCUT2D eigenvalue weighted by Crippen LogP contribution is -2.31. The Kier molecular flexibility index (Phi) is 6.64. The van der Waals surface area contributed by atoms with Crippen molar-refractivity contribution in [2.45, 2.75) is 57.3 Å². The lowest BCUT2D eigenvalue weighted by atomic mass is 9.84. The van der Waals surface area contributed by atoms with E-state index in [0.29, 0.717) is 0 Å². The zero-order valence-electron chi connectivity index (χ0n) is 14.0. The van der Waals surface area contributed by atoms with Crippen molar-refractivity contribution in [3.63, 3.8) is 0 Å². The minimum Gasteiger partial charge on any atom is -0.353 e. The van der Waals surface area contributed by atoms with Crippen LogP contribution in [0.3, 0.4) is 0 Å². The van der Waals surface area contributed by atoms with E-state index in [1.165, 1.54) is 6.42 Å². The van der Waals surface area contributed by atoms with Gasteiger partial charge in [0.25, 0.3) is 0 Å². The Bertz CT molecular complexity index is 553. The van der Waals surface area contributed by atoms with E-state index in [-0.39, 0.29) is 24.1 Å². The SMILES string of the molecule is O=C(/C=C/c1ccc(Br)cc1)C1CCC(OC2CCCCO2)CC1. The summed E-state index contributed by atoms with van der Waals surface area (Å²) in [6.45, 7) is 0.819. The van der Waals surface area contributed by atoms with E-state index in [0.717, 1.165) is 55.2 Å². The molecule has 0 radical (unpaired) electrons. The first-order chi connectivity index (χ1) is 11.7. The molecule has 2 fully saturated rings. The van der Waals surface area contributed by atoms with Crippen LogP contribution in [-0.2, 0) is 14.3 Å². The average molecular weight is 393 g/mol. The predicted octanol–water partition coefficient (Wildman–Crippen LogP) is 5.13.